The lowest BCUT2D eigenvalue weighted by Crippen LogP contribution is -1.86. The average molecular weight is 268 g/mol. The first kappa shape index (κ1) is 12.6. The third kappa shape index (κ3) is 2.90. The first-order chi connectivity index (χ1) is 8.72. The van der Waals surface area contributed by atoms with Gasteiger partial charge in [0.25, 0.3) is 0 Å². The highest BCUT2D eigenvalue weighted by Gasteiger charge is 2.02. The summed E-state index contributed by atoms with van der Waals surface area (Å²) in [6.45, 7) is 0. The maximum Gasteiger partial charge on any atom is 0.218 e. The summed E-state index contributed by atoms with van der Waals surface area (Å²) in [5.74, 6) is 0.787. The molecule has 0 saturated carbocycles. The fraction of sp³-hybridized carbons (Fsp3) is 0.154. The van der Waals surface area contributed by atoms with Gasteiger partial charge in [-0.15, -0.1) is 11.6 Å². The third-order valence-corrected chi connectivity index (χ3v) is 2.59. The van der Waals surface area contributed by atoms with Gasteiger partial charge in [0.1, 0.15) is 17.8 Å². The summed E-state index contributed by atoms with van der Waals surface area (Å²) in [6, 6.07) is 4.62. The van der Waals surface area contributed by atoms with E-state index in [0.717, 1.165) is 0 Å². The first-order valence-corrected chi connectivity index (χ1v) is 5.78. The third-order valence-electron chi connectivity index (χ3n) is 2.32. The summed E-state index contributed by atoms with van der Waals surface area (Å²) < 4.78 is 23.7. The van der Waals surface area contributed by atoms with Crippen molar-refractivity contribution in [3.05, 3.63) is 47.4 Å². The van der Waals surface area contributed by atoms with Crippen LogP contribution in [-0.4, -0.2) is 12.1 Å². The average Bonchev–Trinajstić information content (AvgIpc) is 2.85. The molecule has 1 heterocycles. The molecular weight excluding hydrogens is 257 g/mol. The normalized spacial score (nSPS) is 11.1. The second-order valence-electron chi connectivity index (χ2n) is 3.53. The molecule has 0 spiro atoms. The summed E-state index contributed by atoms with van der Waals surface area (Å²) >= 11 is 5.60. The number of hydrogen-bond acceptors (Lipinski definition) is 3. The number of alkyl halides is 1. The van der Waals surface area contributed by atoms with Crippen LogP contribution < -0.4 is 4.74 Å². The highest BCUT2D eigenvalue weighted by atomic mass is 35.5. The van der Waals surface area contributed by atoms with Gasteiger partial charge in [-0.25, -0.2) is 9.37 Å². The molecule has 0 amide bonds. The van der Waals surface area contributed by atoms with Crippen LogP contribution in [0.15, 0.2) is 28.9 Å². The Balaban J connectivity index is 2.18. The van der Waals surface area contributed by atoms with Gasteiger partial charge in [0.15, 0.2) is 0 Å². The molecule has 94 valence electrons. The standard InChI is InChI=1S/C13H11ClFNO2/c1-17-11-4-2-9(12(15)6-11)3-5-13-16-10(7-14)8-18-13/h2-6,8H,7H2,1H3. The van der Waals surface area contributed by atoms with Gasteiger partial charge in [-0.3, -0.25) is 0 Å². The number of benzene rings is 1. The minimum Gasteiger partial charge on any atom is -0.497 e. The van der Waals surface area contributed by atoms with E-state index in [1.165, 1.54) is 19.4 Å². The number of aromatic nitrogens is 1. The van der Waals surface area contributed by atoms with E-state index in [1.807, 2.05) is 0 Å². The lowest BCUT2D eigenvalue weighted by molar-refractivity contribution is 0.411. The van der Waals surface area contributed by atoms with Crippen LogP contribution in [0.3, 0.4) is 0 Å². The van der Waals surface area contributed by atoms with Crippen LogP contribution in [0.1, 0.15) is 17.1 Å². The van der Waals surface area contributed by atoms with Crippen LogP contribution in [0.4, 0.5) is 4.39 Å². The molecule has 1 aromatic carbocycles. The summed E-state index contributed by atoms with van der Waals surface area (Å²) in [5.41, 5.74) is 1.08. The molecule has 2 aromatic rings. The Hall–Kier alpha value is -1.81. The van der Waals surface area contributed by atoms with Crippen molar-refractivity contribution in [2.24, 2.45) is 0 Å². The van der Waals surface area contributed by atoms with Crippen molar-refractivity contribution in [1.82, 2.24) is 4.98 Å². The quantitative estimate of drug-likeness (QED) is 0.792. The number of methoxy groups -OCH3 is 1. The van der Waals surface area contributed by atoms with Gasteiger partial charge >= 0.3 is 0 Å². The van der Waals surface area contributed by atoms with Gasteiger partial charge in [-0.1, -0.05) is 0 Å². The predicted octanol–water partition coefficient (Wildman–Crippen LogP) is 3.73. The molecule has 5 heteroatoms. The highest BCUT2D eigenvalue weighted by Crippen LogP contribution is 2.18. The molecule has 0 saturated heterocycles. The van der Waals surface area contributed by atoms with Gasteiger partial charge in [0.2, 0.25) is 5.89 Å². The van der Waals surface area contributed by atoms with Gasteiger partial charge in [-0.05, 0) is 18.2 Å². The molecule has 0 aliphatic rings. The van der Waals surface area contributed by atoms with E-state index in [0.29, 0.717) is 22.9 Å². The van der Waals surface area contributed by atoms with Crippen molar-refractivity contribution in [2.75, 3.05) is 7.11 Å². The van der Waals surface area contributed by atoms with E-state index < -0.39 is 0 Å². The molecule has 3 nitrogen and oxygen atoms in total. The molecule has 0 aliphatic heterocycles. The maximum atomic E-state index is 13.6. The fourth-order valence-electron chi connectivity index (χ4n) is 1.39. The molecular formula is C13H11ClFNO2. The van der Waals surface area contributed by atoms with Gasteiger partial charge in [0, 0.05) is 17.7 Å². The Kier molecular flexibility index (Phi) is 3.99. The van der Waals surface area contributed by atoms with Crippen molar-refractivity contribution >= 4 is 23.8 Å². The monoisotopic (exact) mass is 267 g/mol. The topological polar surface area (TPSA) is 35.3 Å². The van der Waals surface area contributed by atoms with E-state index in [9.17, 15) is 4.39 Å². The smallest absolute Gasteiger partial charge is 0.218 e. The Labute approximate surface area is 109 Å². The van der Waals surface area contributed by atoms with E-state index in [-0.39, 0.29) is 11.7 Å². The maximum absolute atomic E-state index is 13.6. The number of ether oxygens (including phenoxy) is 1. The van der Waals surface area contributed by atoms with E-state index in [4.69, 9.17) is 20.8 Å². The number of oxazole rings is 1. The molecule has 0 N–H and O–H groups in total. The molecule has 0 unspecified atom stereocenters. The molecule has 2 rings (SSSR count). The first-order valence-electron chi connectivity index (χ1n) is 5.25. The number of nitrogens with zero attached hydrogens (tertiary/aromatic N) is 1. The van der Waals surface area contributed by atoms with E-state index >= 15 is 0 Å². The van der Waals surface area contributed by atoms with Crippen molar-refractivity contribution in [2.45, 2.75) is 5.88 Å². The lowest BCUT2D eigenvalue weighted by Gasteiger charge is -2.01. The van der Waals surface area contributed by atoms with E-state index in [1.54, 1.807) is 24.3 Å². The van der Waals surface area contributed by atoms with Crippen LogP contribution in [0.2, 0.25) is 0 Å². The summed E-state index contributed by atoms with van der Waals surface area (Å²) in [7, 11) is 1.49. The van der Waals surface area contributed by atoms with Crippen LogP contribution in [0.25, 0.3) is 12.2 Å². The highest BCUT2D eigenvalue weighted by molar-refractivity contribution is 6.16. The number of halogens is 2. The SMILES string of the molecule is COc1ccc(C=Cc2nc(CCl)co2)c(F)c1. The molecule has 1 aromatic heterocycles. The second-order valence-corrected chi connectivity index (χ2v) is 3.80. The Bertz CT molecular complexity index is 566. The van der Waals surface area contributed by atoms with Crippen LogP contribution in [0.5, 0.6) is 5.75 Å². The van der Waals surface area contributed by atoms with Crippen molar-refractivity contribution in [1.29, 1.82) is 0 Å². The molecule has 0 aliphatic carbocycles. The zero-order chi connectivity index (χ0) is 13.0. The predicted molar refractivity (Wildman–Crippen MR) is 67.9 cm³/mol. The molecule has 0 bridgehead atoms. The molecule has 0 fully saturated rings. The van der Waals surface area contributed by atoms with Crippen LogP contribution in [-0.2, 0) is 5.88 Å². The van der Waals surface area contributed by atoms with Crippen LogP contribution >= 0.6 is 11.6 Å². The summed E-state index contributed by atoms with van der Waals surface area (Å²) in [4.78, 5) is 4.07. The lowest BCUT2D eigenvalue weighted by atomic mass is 10.2. The molecule has 0 radical (unpaired) electrons. The number of rotatable bonds is 4. The van der Waals surface area contributed by atoms with Gasteiger partial charge < -0.3 is 9.15 Å². The Morgan fingerprint density at radius 3 is 2.89 bits per heavy atom. The van der Waals surface area contributed by atoms with Gasteiger partial charge in [0.05, 0.1) is 18.7 Å². The van der Waals surface area contributed by atoms with E-state index in [2.05, 4.69) is 4.98 Å². The minimum atomic E-state index is -0.366. The minimum absolute atomic E-state index is 0.286. The Morgan fingerprint density at radius 1 is 1.44 bits per heavy atom. The fourth-order valence-corrected chi connectivity index (χ4v) is 1.51. The number of hydrogen-bond donors (Lipinski definition) is 0. The zero-order valence-electron chi connectivity index (χ0n) is 9.69. The second kappa shape index (κ2) is 5.69. The summed E-state index contributed by atoms with van der Waals surface area (Å²) in [5, 5.41) is 0. The Morgan fingerprint density at radius 2 is 2.28 bits per heavy atom. The van der Waals surface area contributed by atoms with Crippen LogP contribution in [0, 0.1) is 5.82 Å². The van der Waals surface area contributed by atoms with Crippen molar-refractivity contribution < 1.29 is 13.5 Å². The summed E-state index contributed by atoms with van der Waals surface area (Å²) in [6.07, 6.45) is 4.64. The van der Waals surface area contributed by atoms with Crippen molar-refractivity contribution in [3.63, 3.8) is 0 Å². The van der Waals surface area contributed by atoms with Crippen molar-refractivity contribution in [3.8, 4) is 5.75 Å². The largest absolute Gasteiger partial charge is 0.497 e. The zero-order valence-corrected chi connectivity index (χ0v) is 10.4. The molecule has 0 atom stereocenters. The van der Waals surface area contributed by atoms with Gasteiger partial charge in [-0.2, -0.15) is 0 Å². The molecule has 18 heavy (non-hydrogen) atoms.